The van der Waals surface area contributed by atoms with E-state index in [4.69, 9.17) is 20.3 Å². The lowest BCUT2D eigenvalue weighted by Crippen LogP contribution is -1.81. The average Bonchev–Trinajstić information content (AvgIpc) is 1.71. The van der Waals surface area contributed by atoms with E-state index < -0.39 is 6.16 Å². The number of nitriles is 1. The van der Waals surface area contributed by atoms with Gasteiger partial charge in [-0.05, 0) is 0 Å². The fourth-order valence-corrected chi connectivity index (χ4v) is 0. The zero-order chi connectivity index (χ0) is 8.28. The third kappa shape index (κ3) is 58.5. The van der Waals surface area contributed by atoms with Crippen LogP contribution in [0.2, 0.25) is 0 Å². The van der Waals surface area contributed by atoms with Gasteiger partial charge in [0, 0.05) is 6.92 Å². The molecule has 0 heterocycles. The molecule has 0 unspecified atom stereocenters. The molecule has 0 bridgehead atoms. The quantitative estimate of drug-likeness (QED) is 0.488. The fourth-order valence-electron chi connectivity index (χ4n) is 0. The standard InChI is InChI=1S/C2H3N.C2H4.CH2O3/c1-2-3;1-2;2-1(3)4/h1H3;1-2H2;(H2,2,3,4). The monoisotopic (exact) mass is 131 g/mol. The number of rotatable bonds is 0. The topological polar surface area (TPSA) is 81.3 Å². The molecule has 0 amide bonds. The molecule has 0 saturated heterocycles. The molecule has 4 nitrogen and oxygen atoms in total. The van der Waals surface area contributed by atoms with E-state index >= 15 is 0 Å². The second kappa shape index (κ2) is 31.5. The van der Waals surface area contributed by atoms with Gasteiger partial charge in [-0.3, -0.25) is 0 Å². The van der Waals surface area contributed by atoms with E-state index in [1.54, 1.807) is 6.07 Å². The summed E-state index contributed by atoms with van der Waals surface area (Å²) in [7, 11) is 0. The van der Waals surface area contributed by atoms with E-state index in [-0.39, 0.29) is 0 Å². The highest BCUT2D eigenvalue weighted by molar-refractivity contribution is 5.53. The Morgan fingerprint density at radius 3 is 1.56 bits per heavy atom. The van der Waals surface area contributed by atoms with Gasteiger partial charge in [0.05, 0.1) is 6.07 Å². The molecule has 0 aromatic heterocycles. The molecule has 0 spiro atoms. The van der Waals surface area contributed by atoms with Crippen molar-refractivity contribution in [2.75, 3.05) is 0 Å². The number of hydrogen-bond donors (Lipinski definition) is 2. The van der Waals surface area contributed by atoms with Gasteiger partial charge in [0.15, 0.2) is 0 Å². The van der Waals surface area contributed by atoms with Crippen LogP contribution in [0.4, 0.5) is 4.79 Å². The Balaban J connectivity index is -0.0000000646. The second-order valence-electron chi connectivity index (χ2n) is 0.506. The summed E-state index contributed by atoms with van der Waals surface area (Å²) in [5.41, 5.74) is 0. The molecule has 9 heavy (non-hydrogen) atoms. The van der Waals surface area contributed by atoms with Crippen LogP contribution in [0, 0.1) is 11.3 Å². The molecule has 0 saturated carbocycles. The lowest BCUT2D eigenvalue weighted by atomic mass is 11.0. The van der Waals surface area contributed by atoms with Gasteiger partial charge in [0.1, 0.15) is 0 Å². The summed E-state index contributed by atoms with van der Waals surface area (Å²) in [5.74, 6) is 0. The van der Waals surface area contributed by atoms with Crippen molar-refractivity contribution < 1.29 is 15.0 Å². The first-order valence-electron chi connectivity index (χ1n) is 1.87. The Bertz CT molecular complexity index is 90.9. The summed E-state index contributed by atoms with van der Waals surface area (Å²) in [4.78, 5) is 8.56. The van der Waals surface area contributed by atoms with Gasteiger partial charge in [-0.25, -0.2) is 4.79 Å². The maximum atomic E-state index is 8.56. The van der Waals surface area contributed by atoms with Gasteiger partial charge in [-0.1, -0.05) is 0 Å². The van der Waals surface area contributed by atoms with E-state index in [1.165, 1.54) is 6.92 Å². The minimum atomic E-state index is -1.83. The fraction of sp³-hybridized carbons (Fsp3) is 0.200. The van der Waals surface area contributed by atoms with Crippen LogP contribution < -0.4 is 0 Å². The zero-order valence-electron chi connectivity index (χ0n) is 5.16. The molecule has 0 fully saturated rings. The largest absolute Gasteiger partial charge is 0.503 e. The van der Waals surface area contributed by atoms with Crippen LogP contribution in [0.1, 0.15) is 6.92 Å². The van der Waals surface area contributed by atoms with Crippen LogP contribution in [0.3, 0.4) is 0 Å². The first-order valence-corrected chi connectivity index (χ1v) is 1.87. The molecule has 52 valence electrons. The summed E-state index contributed by atoms with van der Waals surface area (Å²) in [6.45, 7) is 7.43. The Labute approximate surface area is 53.7 Å². The molecular weight excluding hydrogens is 122 g/mol. The normalized spacial score (nSPS) is 4.00. The number of carboxylic acid groups (broad SMARTS) is 2. The summed E-state index contributed by atoms with van der Waals surface area (Å²) in [6.07, 6.45) is -1.83. The summed E-state index contributed by atoms with van der Waals surface area (Å²) in [5, 5.41) is 21.3. The Morgan fingerprint density at radius 1 is 1.56 bits per heavy atom. The molecule has 0 atom stereocenters. The van der Waals surface area contributed by atoms with Gasteiger partial charge in [0.2, 0.25) is 0 Å². The molecule has 2 N–H and O–H groups in total. The van der Waals surface area contributed by atoms with Crippen molar-refractivity contribution in [1.82, 2.24) is 0 Å². The first kappa shape index (κ1) is 15.6. The van der Waals surface area contributed by atoms with Crippen LogP contribution in [-0.4, -0.2) is 16.4 Å². The van der Waals surface area contributed by atoms with Crippen molar-refractivity contribution in [3.63, 3.8) is 0 Å². The maximum Gasteiger partial charge on any atom is 0.503 e. The SMILES string of the molecule is C=C.CC#N.O=C(O)O. The maximum absolute atomic E-state index is 8.56. The van der Waals surface area contributed by atoms with Gasteiger partial charge in [-0.2, -0.15) is 5.26 Å². The molecule has 4 heteroatoms. The van der Waals surface area contributed by atoms with Gasteiger partial charge in [0.25, 0.3) is 0 Å². The predicted molar refractivity (Wildman–Crippen MR) is 33.2 cm³/mol. The van der Waals surface area contributed by atoms with E-state index in [1.807, 2.05) is 0 Å². The average molecular weight is 131 g/mol. The molecule has 0 radical (unpaired) electrons. The van der Waals surface area contributed by atoms with Crippen molar-refractivity contribution in [2.45, 2.75) is 6.92 Å². The van der Waals surface area contributed by atoms with Crippen LogP contribution in [0.25, 0.3) is 0 Å². The molecule has 0 rings (SSSR count). The lowest BCUT2D eigenvalue weighted by Gasteiger charge is -1.60. The molecule has 0 aliphatic heterocycles. The predicted octanol–water partition coefficient (Wildman–Crippen LogP) is 1.55. The molecular formula is C5H9NO3. The van der Waals surface area contributed by atoms with E-state index in [9.17, 15) is 0 Å². The molecule has 0 aliphatic carbocycles. The van der Waals surface area contributed by atoms with Crippen molar-refractivity contribution in [1.29, 1.82) is 5.26 Å². The summed E-state index contributed by atoms with van der Waals surface area (Å²) >= 11 is 0. The van der Waals surface area contributed by atoms with Crippen molar-refractivity contribution in [3.05, 3.63) is 13.2 Å². The van der Waals surface area contributed by atoms with Gasteiger partial charge < -0.3 is 10.2 Å². The van der Waals surface area contributed by atoms with Crippen molar-refractivity contribution in [2.24, 2.45) is 0 Å². The van der Waals surface area contributed by atoms with E-state index in [0.717, 1.165) is 0 Å². The summed E-state index contributed by atoms with van der Waals surface area (Å²) < 4.78 is 0. The molecule has 0 aliphatic rings. The number of carbonyl (C=O) groups is 1. The first-order chi connectivity index (χ1) is 4.15. The Morgan fingerprint density at radius 2 is 1.56 bits per heavy atom. The smallest absolute Gasteiger partial charge is 0.450 e. The highest BCUT2D eigenvalue weighted by Gasteiger charge is 1.70. The Kier molecular flexibility index (Phi) is 54.7. The van der Waals surface area contributed by atoms with E-state index in [2.05, 4.69) is 13.2 Å². The molecule has 0 aromatic carbocycles. The lowest BCUT2D eigenvalue weighted by molar-refractivity contribution is 0.137. The minimum absolute atomic E-state index is 1.43. The number of nitrogens with zero attached hydrogens (tertiary/aromatic N) is 1. The van der Waals surface area contributed by atoms with Crippen LogP contribution in [0.15, 0.2) is 13.2 Å². The van der Waals surface area contributed by atoms with Crippen molar-refractivity contribution >= 4 is 6.16 Å². The zero-order valence-corrected chi connectivity index (χ0v) is 5.16. The third-order valence-corrected chi connectivity index (χ3v) is 0. The summed E-state index contributed by atoms with van der Waals surface area (Å²) in [6, 6.07) is 1.75. The van der Waals surface area contributed by atoms with Gasteiger partial charge >= 0.3 is 6.16 Å². The second-order valence-corrected chi connectivity index (χ2v) is 0.506. The van der Waals surface area contributed by atoms with Crippen LogP contribution >= 0.6 is 0 Å². The minimum Gasteiger partial charge on any atom is -0.450 e. The van der Waals surface area contributed by atoms with Gasteiger partial charge in [-0.15, -0.1) is 13.2 Å². The number of hydrogen-bond acceptors (Lipinski definition) is 2. The highest BCUT2D eigenvalue weighted by Crippen LogP contribution is 1.42. The third-order valence-electron chi connectivity index (χ3n) is 0. The van der Waals surface area contributed by atoms with E-state index in [0.29, 0.717) is 0 Å². The Hall–Kier alpha value is -1.50. The van der Waals surface area contributed by atoms with Crippen LogP contribution in [0.5, 0.6) is 0 Å². The highest BCUT2D eigenvalue weighted by atomic mass is 16.6. The molecule has 0 aromatic rings. The van der Waals surface area contributed by atoms with Crippen LogP contribution in [-0.2, 0) is 0 Å². The van der Waals surface area contributed by atoms with Crippen molar-refractivity contribution in [3.8, 4) is 6.07 Å².